The maximum absolute atomic E-state index is 12.3. The lowest BCUT2D eigenvalue weighted by Gasteiger charge is -1.98. The molecule has 3 nitrogen and oxygen atoms in total. The van der Waals surface area contributed by atoms with Crippen molar-refractivity contribution in [3.05, 3.63) is 39.7 Å². The van der Waals surface area contributed by atoms with E-state index in [9.17, 15) is 18.0 Å². The first-order valence-corrected chi connectivity index (χ1v) is 5.33. The van der Waals surface area contributed by atoms with Crippen molar-refractivity contribution in [3.63, 3.8) is 0 Å². The van der Waals surface area contributed by atoms with Gasteiger partial charge in [0.05, 0.1) is 16.7 Å². The first-order valence-electron chi connectivity index (χ1n) is 4.51. The highest BCUT2D eigenvalue weighted by molar-refractivity contribution is 7.14. The fourth-order valence-electron chi connectivity index (χ4n) is 1.26. The minimum absolute atomic E-state index is 0.0539. The molecule has 0 unspecified atom stereocenters. The van der Waals surface area contributed by atoms with Crippen LogP contribution < -0.4 is 0 Å². The topological polar surface area (TPSA) is 43.1 Å². The number of nitrogens with zero attached hydrogens (tertiary/aromatic N) is 1. The van der Waals surface area contributed by atoms with Crippen molar-refractivity contribution >= 4 is 17.1 Å². The minimum atomic E-state index is -4.52. The van der Waals surface area contributed by atoms with E-state index in [1.807, 2.05) is 0 Å². The summed E-state index contributed by atoms with van der Waals surface area (Å²) in [4.78, 5) is 14.9. The summed E-state index contributed by atoms with van der Waals surface area (Å²) in [6.07, 6.45) is -2.27. The van der Waals surface area contributed by atoms with E-state index < -0.39 is 17.0 Å². The quantitative estimate of drug-likeness (QED) is 0.779. The Hall–Kier alpha value is -1.63. The highest BCUT2D eigenvalue weighted by Crippen LogP contribution is 2.33. The Kier molecular flexibility index (Phi) is 2.78. The number of rotatable bonds is 2. The summed E-state index contributed by atoms with van der Waals surface area (Å²) in [5, 5.41) is -1.03. The van der Waals surface area contributed by atoms with Gasteiger partial charge < -0.3 is 4.42 Å². The smallest absolute Gasteiger partial charge is 0.443 e. The first kappa shape index (κ1) is 11.8. The van der Waals surface area contributed by atoms with Crippen LogP contribution in [0, 0.1) is 6.92 Å². The van der Waals surface area contributed by atoms with Crippen LogP contribution in [0.5, 0.6) is 0 Å². The second-order valence-electron chi connectivity index (χ2n) is 3.25. The van der Waals surface area contributed by atoms with Crippen molar-refractivity contribution < 1.29 is 22.4 Å². The van der Waals surface area contributed by atoms with E-state index >= 15 is 0 Å². The van der Waals surface area contributed by atoms with E-state index in [4.69, 9.17) is 4.42 Å². The van der Waals surface area contributed by atoms with Crippen LogP contribution in [0.25, 0.3) is 0 Å². The van der Waals surface area contributed by atoms with Crippen molar-refractivity contribution in [1.29, 1.82) is 0 Å². The molecule has 0 atom stereocenters. The van der Waals surface area contributed by atoms with Gasteiger partial charge >= 0.3 is 6.18 Å². The van der Waals surface area contributed by atoms with Crippen LogP contribution in [-0.4, -0.2) is 10.8 Å². The molecule has 0 N–H and O–H groups in total. The van der Waals surface area contributed by atoms with Crippen LogP contribution in [0.4, 0.5) is 13.2 Å². The summed E-state index contributed by atoms with van der Waals surface area (Å²) in [7, 11) is 0. The second-order valence-corrected chi connectivity index (χ2v) is 4.28. The normalized spacial score (nSPS) is 11.8. The number of aryl methyl sites for hydroxylation is 1. The molecule has 2 heterocycles. The van der Waals surface area contributed by atoms with E-state index in [2.05, 4.69) is 4.98 Å². The highest BCUT2D eigenvalue weighted by Gasteiger charge is 2.35. The molecule has 90 valence electrons. The maximum Gasteiger partial charge on any atom is 0.443 e. The third-order valence-electron chi connectivity index (χ3n) is 2.08. The molecule has 0 radical (unpaired) electrons. The summed E-state index contributed by atoms with van der Waals surface area (Å²) in [5.41, 5.74) is 0.252. The van der Waals surface area contributed by atoms with Crippen molar-refractivity contribution in [3.8, 4) is 0 Å². The fraction of sp³-hybridized carbons (Fsp3) is 0.200. The summed E-state index contributed by atoms with van der Waals surface area (Å²) >= 11 is 0.328. The Morgan fingerprint density at radius 1 is 1.47 bits per heavy atom. The fourth-order valence-corrected chi connectivity index (χ4v) is 2.00. The minimum Gasteiger partial charge on any atom is -0.469 e. The molecule has 0 bridgehead atoms. The summed E-state index contributed by atoms with van der Waals surface area (Å²) < 4.78 is 41.8. The number of ketones is 1. The van der Waals surface area contributed by atoms with Gasteiger partial charge in [-0.05, 0) is 13.0 Å². The van der Waals surface area contributed by atoms with Gasteiger partial charge in [0, 0.05) is 6.20 Å². The summed E-state index contributed by atoms with van der Waals surface area (Å²) in [5.74, 6) is -0.138. The Balaban J connectivity index is 2.33. The van der Waals surface area contributed by atoms with Crippen LogP contribution in [0.3, 0.4) is 0 Å². The molecule has 2 aromatic heterocycles. The van der Waals surface area contributed by atoms with Crippen molar-refractivity contribution in [2.24, 2.45) is 0 Å². The van der Waals surface area contributed by atoms with Gasteiger partial charge in [-0.25, -0.2) is 4.98 Å². The first-order chi connectivity index (χ1) is 7.89. The largest absolute Gasteiger partial charge is 0.469 e. The molecule has 0 aliphatic rings. The van der Waals surface area contributed by atoms with E-state index in [1.165, 1.54) is 12.3 Å². The maximum atomic E-state index is 12.3. The Labute approximate surface area is 97.9 Å². The van der Waals surface area contributed by atoms with Gasteiger partial charge in [0.25, 0.3) is 0 Å². The predicted octanol–water partition coefficient (Wildman–Crippen LogP) is 3.29. The lowest BCUT2D eigenvalue weighted by atomic mass is 10.1. The van der Waals surface area contributed by atoms with Gasteiger partial charge in [0.15, 0.2) is 5.01 Å². The molecule has 7 heteroatoms. The number of hydrogen-bond acceptors (Lipinski definition) is 4. The van der Waals surface area contributed by atoms with Gasteiger partial charge in [-0.1, -0.05) is 0 Å². The lowest BCUT2D eigenvalue weighted by Crippen LogP contribution is -2.03. The molecule has 2 aromatic rings. The molecule has 0 aliphatic carbocycles. The van der Waals surface area contributed by atoms with Crippen molar-refractivity contribution in [1.82, 2.24) is 4.98 Å². The molecule has 0 saturated carbocycles. The lowest BCUT2D eigenvalue weighted by molar-refractivity contribution is -0.137. The number of furan rings is 1. The number of aromatic nitrogens is 1. The molecule has 0 fully saturated rings. The monoisotopic (exact) mass is 261 g/mol. The van der Waals surface area contributed by atoms with Gasteiger partial charge in [-0.3, -0.25) is 4.79 Å². The summed E-state index contributed by atoms with van der Waals surface area (Å²) in [6, 6.07) is 1.42. The number of halogens is 3. The van der Waals surface area contributed by atoms with E-state index in [1.54, 1.807) is 6.92 Å². The Morgan fingerprint density at radius 2 is 2.18 bits per heavy atom. The standard InChI is InChI=1S/C10H6F3NO2S/c1-5-6(2-3-16-5)8(15)7-4-14-9(17-7)10(11,12)13/h2-4H,1H3. The number of hydrogen-bond donors (Lipinski definition) is 0. The third-order valence-corrected chi connectivity index (χ3v) is 3.12. The van der Waals surface area contributed by atoms with E-state index in [0.29, 0.717) is 17.1 Å². The van der Waals surface area contributed by atoms with Gasteiger partial charge in [-0.2, -0.15) is 13.2 Å². The third kappa shape index (κ3) is 2.23. The molecule has 0 aliphatic heterocycles. The SMILES string of the molecule is Cc1occc1C(=O)c1cnc(C(F)(F)F)s1. The average molecular weight is 261 g/mol. The molecular weight excluding hydrogens is 255 g/mol. The van der Waals surface area contributed by atoms with Gasteiger partial charge in [0.1, 0.15) is 5.76 Å². The summed E-state index contributed by atoms with van der Waals surface area (Å²) in [6.45, 7) is 1.57. The molecule has 2 rings (SSSR count). The Bertz CT molecular complexity index is 556. The van der Waals surface area contributed by atoms with E-state index in [0.717, 1.165) is 6.20 Å². The van der Waals surface area contributed by atoms with Crippen molar-refractivity contribution in [2.75, 3.05) is 0 Å². The molecule has 17 heavy (non-hydrogen) atoms. The average Bonchev–Trinajstić information content (AvgIpc) is 2.83. The molecule has 0 aromatic carbocycles. The zero-order chi connectivity index (χ0) is 12.6. The van der Waals surface area contributed by atoms with Gasteiger partial charge in [-0.15, -0.1) is 11.3 Å². The van der Waals surface area contributed by atoms with Crippen LogP contribution in [-0.2, 0) is 6.18 Å². The second kappa shape index (κ2) is 3.99. The predicted molar refractivity (Wildman–Crippen MR) is 54.0 cm³/mol. The molecule has 0 saturated heterocycles. The highest BCUT2D eigenvalue weighted by atomic mass is 32.1. The molecule has 0 spiro atoms. The number of carbonyl (C=O) groups excluding carboxylic acids is 1. The van der Waals surface area contributed by atoms with E-state index in [-0.39, 0.29) is 10.4 Å². The Morgan fingerprint density at radius 3 is 2.65 bits per heavy atom. The van der Waals surface area contributed by atoms with Gasteiger partial charge in [0.2, 0.25) is 5.78 Å². The number of alkyl halides is 3. The van der Waals surface area contributed by atoms with Crippen LogP contribution in [0.15, 0.2) is 22.9 Å². The molecule has 0 amide bonds. The number of carbonyl (C=O) groups is 1. The van der Waals surface area contributed by atoms with Crippen LogP contribution >= 0.6 is 11.3 Å². The van der Waals surface area contributed by atoms with Crippen LogP contribution in [0.1, 0.15) is 26.0 Å². The zero-order valence-corrected chi connectivity index (χ0v) is 9.35. The zero-order valence-electron chi connectivity index (χ0n) is 8.54. The number of thiazole rings is 1. The van der Waals surface area contributed by atoms with Crippen LogP contribution in [0.2, 0.25) is 0 Å². The molecular formula is C10H6F3NO2S. The van der Waals surface area contributed by atoms with Crippen molar-refractivity contribution in [2.45, 2.75) is 13.1 Å².